The Morgan fingerprint density at radius 2 is 1.86 bits per heavy atom. The molecule has 0 N–H and O–H groups in total. The van der Waals surface area contributed by atoms with Crippen molar-refractivity contribution in [2.24, 2.45) is 0 Å². The number of ether oxygens (including phenoxy) is 1. The van der Waals surface area contributed by atoms with E-state index in [4.69, 9.17) is 4.74 Å². The van der Waals surface area contributed by atoms with Crippen molar-refractivity contribution >= 4 is 16.7 Å². The standard InChI is InChI=1S/C19H15F3N4O2/c1-2-25-17(27)14-8-3-4-9-15(14)26-16(23-24-18(25)26)11-28-13-7-5-6-12(10-13)19(20,21)22/h3-10H,2,11H2,1H3. The van der Waals surface area contributed by atoms with Crippen LogP contribution in [0.15, 0.2) is 53.3 Å². The van der Waals surface area contributed by atoms with Crippen molar-refractivity contribution in [3.05, 3.63) is 70.3 Å². The minimum atomic E-state index is -4.45. The highest BCUT2D eigenvalue weighted by molar-refractivity contribution is 5.80. The number of nitrogens with zero attached hydrogens (tertiary/aromatic N) is 4. The van der Waals surface area contributed by atoms with E-state index in [-0.39, 0.29) is 17.9 Å². The second kappa shape index (κ2) is 6.66. The van der Waals surface area contributed by atoms with Crippen molar-refractivity contribution in [1.82, 2.24) is 19.2 Å². The van der Waals surface area contributed by atoms with Gasteiger partial charge in [0.05, 0.1) is 16.5 Å². The molecule has 0 saturated carbocycles. The van der Waals surface area contributed by atoms with Crippen molar-refractivity contribution in [3.8, 4) is 5.75 Å². The maximum atomic E-state index is 12.9. The lowest BCUT2D eigenvalue weighted by Gasteiger charge is -2.11. The number of hydrogen-bond acceptors (Lipinski definition) is 4. The van der Waals surface area contributed by atoms with Gasteiger partial charge in [-0.2, -0.15) is 13.2 Å². The molecule has 28 heavy (non-hydrogen) atoms. The van der Waals surface area contributed by atoms with Crippen molar-refractivity contribution in [2.75, 3.05) is 0 Å². The van der Waals surface area contributed by atoms with Crippen LogP contribution in [0.25, 0.3) is 16.7 Å². The number of aryl methyl sites for hydroxylation is 1. The molecule has 6 nitrogen and oxygen atoms in total. The zero-order valence-corrected chi connectivity index (χ0v) is 14.8. The van der Waals surface area contributed by atoms with E-state index in [9.17, 15) is 18.0 Å². The van der Waals surface area contributed by atoms with Gasteiger partial charge in [-0.1, -0.05) is 18.2 Å². The Hall–Kier alpha value is -3.36. The molecule has 4 aromatic rings. The predicted molar refractivity (Wildman–Crippen MR) is 96.2 cm³/mol. The van der Waals surface area contributed by atoms with E-state index < -0.39 is 11.7 Å². The first-order valence-corrected chi connectivity index (χ1v) is 8.55. The highest BCUT2D eigenvalue weighted by Gasteiger charge is 2.30. The zero-order valence-electron chi connectivity index (χ0n) is 14.8. The van der Waals surface area contributed by atoms with Gasteiger partial charge in [-0.3, -0.25) is 13.8 Å². The number of benzene rings is 2. The van der Waals surface area contributed by atoms with E-state index in [2.05, 4.69) is 10.2 Å². The van der Waals surface area contributed by atoms with Crippen LogP contribution in [0, 0.1) is 0 Å². The lowest BCUT2D eigenvalue weighted by atomic mass is 10.2. The second-order valence-corrected chi connectivity index (χ2v) is 6.13. The first-order chi connectivity index (χ1) is 13.4. The SMILES string of the molecule is CCn1c(=O)c2ccccc2n2c(COc3cccc(C(F)(F)F)c3)nnc12. The summed E-state index contributed by atoms with van der Waals surface area (Å²) in [5, 5.41) is 8.67. The fraction of sp³-hybridized carbons (Fsp3) is 0.211. The predicted octanol–water partition coefficient (Wildman–Crippen LogP) is 3.66. The topological polar surface area (TPSA) is 61.4 Å². The lowest BCUT2D eigenvalue weighted by Crippen LogP contribution is -2.22. The third kappa shape index (κ3) is 2.98. The summed E-state index contributed by atoms with van der Waals surface area (Å²) in [6, 6.07) is 11.7. The maximum Gasteiger partial charge on any atom is 0.416 e. The monoisotopic (exact) mass is 388 g/mol. The molecule has 0 bridgehead atoms. The van der Waals surface area contributed by atoms with Gasteiger partial charge in [0, 0.05) is 6.54 Å². The van der Waals surface area contributed by atoms with Crippen molar-refractivity contribution < 1.29 is 17.9 Å². The minimum absolute atomic E-state index is 0.0692. The van der Waals surface area contributed by atoms with Gasteiger partial charge < -0.3 is 4.74 Å². The summed E-state index contributed by atoms with van der Waals surface area (Å²) in [6.45, 7) is 2.12. The zero-order chi connectivity index (χ0) is 19.9. The molecule has 0 aliphatic heterocycles. The van der Waals surface area contributed by atoms with Gasteiger partial charge in [-0.05, 0) is 37.3 Å². The molecule has 0 amide bonds. The molecule has 0 spiro atoms. The molecule has 0 unspecified atom stereocenters. The van der Waals surface area contributed by atoms with E-state index in [1.54, 1.807) is 28.7 Å². The van der Waals surface area contributed by atoms with Crippen LogP contribution in [0.4, 0.5) is 13.2 Å². The van der Waals surface area contributed by atoms with Gasteiger partial charge in [0.25, 0.3) is 5.56 Å². The normalized spacial score (nSPS) is 12.0. The first-order valence-electron chi connectivity index (χ1n) is 8.55. The van der Waals surface area contributed by atoms with Crippen LogP contribution in [0.3, 0.4) is 0 Å². The molecule has 2 heterocycles. The molecule has 2 aromatic heterocycles. The molecule has 0 fully saturated rings. The molecule has 9 heteroatoms. The smallest absolute Gasteiger partial charge is 0.416 e. The number of halogens is 3. The van der Waals surface area contributed by atoms with Gasteiger partial charge in [-0.15, -0.1) is 10.2 Å². The Bertz CT molecular complexity index is 1230. The molecule has 0 aliphatic carbocycles. The Morgan fingerprint density at radius 1 is 1.07 bits per heavy atom. The summed E-state index contributed by atoms with van der Waals surface area (Å²) in [4.78, 5) is 12.6. The summed E-state index contributed by atoms with van der Waals surface area (Å²) in [7, 11) is 0. The fourth-order valence-corrected chi connectivity index (χ4v) is 3.10. The largest absolute Gasteiger partial charge is 0.486 e. The van der Waals surface area contributed by atoms with Crippen LogP contribution < -0.4 is 10.3 Å². The number of rotatable bonds is 4. The molecular weight excluding hydrogens is 373 g/mol. The molecule has 2 aromatic carbocycles. The summed E-state index contributed by atoms with van der Waals surface area (Å²) in [5.74, 6) is 0.805. The molecule has 0 radical (unpaired) electrons. The fourth-order valence-electron chi connectivity index (χ4n) is 3.10. The summed E-state index contributed by atoms with van der Waals surface area (Å²) in [5.41, 5.74) is -0.357. The average molecular weight is 388 g/mol. The third-order valence-electron chi connectivity index (χ3n) is 4.42. The molecule has 4 rings (SSSR count). The summed E-state index contributed by atoms with van der Waals surface area (Å²) >= 11 is 0. The maximum absolute atomic E-state index is 12.9. The quantitative estimate of drug-likeness (QED) is 0.535. The molecule has 0 aliphatic rings. The summed E-state index contributed by atoms with van der Waals surface area (Å²) in [6.07, 6.45) is -4.45. The molecule has 0 saturated heterocycles. The minimum Gasteiger partial charge on any atom is -0.486 e. The number of hydrogen-bond donors (Lipinski definition) is 0. The van der Waals surface area contributed by atoms with Crippen molar-refractivity contribution in [1.29, 1.82) is 0 Å². The van der Waals surface area contributed by atoms with Gasteiger partial charge in [0.2, 0.25) is 5.78 Å². The lowest BCUT2D eigenvalue weighted by molar-refractivity contribution is -0.137. The van der Waals surface area contributed by atoms with E-state index in [1.165, 1.54) is 16.7 Å². The number of para-hydroxylation sites is 1. The van der Waals surface area contributed by atoms with E-state index in [0.29, 0.717) is 29.0 Å². The van der Waals surface area contributed by atoms with Crippen LogP contribution >= 0.6 is 0 Å². The van der Waals surface area contributed by atoms with E-state index in [1.807, 2.05) is 6.92 Å². The highest BCUT2D eigenvalue weighted by atomic mass is 19.4. The summed E-state index contributed by atoms with van der Waals surface area (Å²) < 4.78 is 47.3. The van der Waals surface area contributed by atoms with Gasteiger partial charge in [0.15, 0.2) is 5.82 Å². The molecule has 144 valence electrons. The van der Waals surface area contributed by atoms with Gasteiger partial charge in [-0.25, -0.2) is 0 Å². The van der Waals surface area contributed by atoms with Gasteiger partial charge in [0.1, 0.15) is 12.4 Å². The van der Waals surface area contributed by atoms with Gasteiger partial charge >= 0.3 is 6.18 Å². The van der Waals surface area contributed by atoms with Crippen LogP contribution in [-0.4, -0.2) is 19.2 Å². The first kappa shape index (κ1) is 18.0. The Kier molecular flexibility index (Phi) is 4.29. The Balaban J connectivity index is 1.77. The van der Waals surface area contributed by atoms with E-state index in [0.717, 1.165) is 12.1 Å². The van der Waals surface area contributed by atoms with Crippen molar-refractivity contribution in [3.63, 3.8) is 0 Å². The van der Waals surface area contributed by atoms with E-state index >= 15 is 0 Å². The van der Waals surface area contributed by atoms with Crippen LogP contribution in [0.1, 0.15) is 18.3 Å². The van der Waals surface area contributed by atoms with Crippen LogP contribution in [0.2, 0.25) is 0 Å². The molecule has 0 atom stereocenters. The number of alkyl halides is 3. The third-order valence-corrected chi connectivity index (χ3v) is 4.42. The highest BCUT2D eigenvalue weighted by Crippen LogP contribution is 2.31. The number of fused-ring (bicyclic) bond motifs is 3. The van der Waals surface area contributed by atoms with Crippen molar-refractivity contribution in [2.45, 2.75) is 26.3 Å². The average Bonchev–Trinajstić information content (AvgIpc) is 3.10. The Morgan fingerprint density at radius 3 is 2.61 bits per heavy atom. The second-order valence-electron chi connectivity index (χ2n) is 6.13. The number of aromatic nitrogens is 4. The van der Waals surface area contributed by atoms with Crippen LogP contribution in [0.5, 0.6) is 5.75 Å². The Labute approximate surface area is 156 Å². The van der Waals surface area contributed by atoms with Crippen LogP contribution in [-0.2, 0) is 19.3 Å². The molecular formula is C19H15F3N4O2.